The van der Waals surface area contributed by atoms with E-state index in [9.17, 15) is 9.59 Å². The van der Waals surface area contributed by atoms with Gasteiger partial charge >= 0.3 is 5.97 Å². The fourth-order valence-corrected chi connectivity index (χ4v) is 2.65. The number of carbonyl (C=O) groups is 2. The predicted octanol–water partition coefficient (Wildman–Crippen LogP) is 4.31. The van der Waals surface area contributed by atoms with Gasteiger partial charge in [0.2, 0.25) is 0 Å². The van der Waals surface area contributed by atoms with Gasteiger partial charge in [-0.1, -0.05) is 68.3 Å². The molecule has 2 atom stereocenters. The van der Waals surface area contributed by atoms with Crippen LogP contribution in [0.2, 0.25) is 0 Å². The zero-order valence-electron chi connectivity index (χ0n) is 15.0. The largest absolute Gasteiger partial charge is 0.455 e. The molecule has 0 aliphatic heterocycles. The second-order valence-electron chi connectivity index (χ2n) is 6.30. The van der Waals surface area contributed by atoms with Crippen LogP contribution < -0.4 is 5.32 Å². The summed E-state index contributed by atoms with van der Waals surface area (Å²) in [6, 6.07) is 17.0. The Bertz CT molecular complexity index is 695. The van der Waals surface area contributed by atoms with E-state index in [1.165, 1.54) is 0 Å². The molecule has 0 spiro atoms. The van der Waals surface area contributed by atoms with Gasteiger partial charge in [0.15, 0.2) is 6.61 Å². The number of hydrogen-bond acceptors (Lipinski definition) is 3. The molecule has 4 nitrogen and oxygen atoms in total. The Morgan fingerprint density at radius 2 is 1.68 bits per heavy atom. The smallest absolute Gasteiger partial charge is 0.314 e. The summed E-state index contributed by atoms with van der Waals surface area (Å²) in [6.45, 7) is 5.75. The molecule has 1 N–H and O–H groups in total. The Labute approximate surface area is 149 Å². The lowest BCUT2D eigenvalue weighted by Crippen LogP contribution is -2.26. The summed E-state index contributed by atoms with van der Waals surface area (Å²) in [4.78, 5) is 24.6. The monoisotopic (exact) mass is 339 g/mol. The summed E-state index contributed by atoms with van der Waals surface area (Å²) in [6.07, 6.45) is 0.851. The van der Waals surface area contributed by atoms with E-state index >= 15 is 0 Å². The van der Waals surface area contributed by atoms with Crippen LogP contribution in [-0.4, -0.2) is 18.5 Å². The lowest BCUT2D eigenvalue weighted by molar-refractivity contribution is -0.150. The molecule has 0 unspecified atom stereocenters. The predicted molar refractivity (Wildman–Crippen MR) is 99.4 cm³/mol. The van der Waals surface area contributed by atoms with Crippen molar-refractivity contribution in [1.82, 2.24) is 0 Å². The fourth-order valence-electron chi connectivity index (χ4n) is 2.65. The zero-order chi connectivity index (χ0) is 18.2. The van der Waals surface area contributed by atoms with E-state index in [0.29, 0.717) is 5.69 Å². The number of hydrogen-bond donors (Lipinski definition) is 1. The van der Waals surface area contributed by atoms with Gasteiger partial charge in [0, 0.05) is 5.69 Å². The SMILES string of the molecule is CC[C@@H](C)[C@H](C(=O)OCC(=O)Nc1ccc(C)cc1)c1ccccc1. The van der Waals surface area contributed by atoms with E-state index in [0.717, 1.165) is 17.5 Å². The third-order valence-corrected chi connectivity index (χ3v) is 4.31. The van der Waals surface area contributed by atoms with Crippen molar-refractivity contribution in [1.29, 1.82) is 0 Å². The molecule has 2 aromatic carbocycles. The number of benzene rings is 2. The zero-order valence-corrected chi connectivity index (χ0v) is 15.0. The Hall–Kier alpha value is -2.62. The van der Waals surface area contributed by atoms with Gasteiger partial charge in [-0.15, -0.1) is 0 Å². The Balaban J connectivity index is 1.96. The van der Waals surface area contributed by atoms with Crippen LogP contribution in [0.3, 0.4) is 0 Å². The Kier molecular flexibility index (Phi) is 6.75. The maximum atomic E-state index is 12.5. The van der Waals surface area contributed by atoms with Crippen LogP contribution in [-0.2, 0) is 14.3 Å². The molecule has 0 aliphatic rings. The summed E-state index contributed by atoms with van der Waals surface area (Å²) in [5.41, 5.74) is 2.72. The average Bonchev–Trinajstić information content (AvgIpc) is 2.63. The van der Waals surface area contributed by atoms with Gasteiger partial charge in [-0.3, -0.25) is 9.59 Å². The number of carbonyl (C=O) groups excluding carboxylic acids is 2. The molecule has 2 aromatic rings. The first kappa shape index (κ1) is 18.7. The molecule has 0 heterocycles. The van der Waals surface area contributed by atoms with E-state index in [4.69, 9.17) is 4.74 Å². The van der Waals surface area contributed by atoms with Crippen molar-refractivity contribution in [2.75, 3.05) is 11.9 Å². The van der Waals surface area contributed by atoms with Crippen molar-refractivity contribution < 1.29 is 14.3 Å². The summed E-state index contributed by atoms with van der Waals surface area (Å²) >= 11 is 0. The molecular weight excluding hydrogens is 314 g/mol. The van der Waals surface area contributed by atoms with Crippen LogP contribution in [0.1, 0.15) is 37.3 Å². The van der Waals surface area contributed by atoms with Crippen LogP contribution in [0, 0.1) is 12.8 Å². The first-order valence-electron chi connectivity index (χ1n) is 8.59. The first-order chi connectivity index (χ1) is 12.0. The second kappa shape index (κ2) is 9.02. The van der Waals surface area contributed by atoms with Crippen molar-refractivity contribution in [2.24, 2.45) is 5.92 Å². The minimum absolute atomic E-state index is 0.134. The number of amides is 1. The number of nitrogens with one attached hydrogen (secondary N) is 1. The summed E-state index contributed by atoms with van der Waals surface area (Å²) < 4.78 is 5.29. The highest BCUT2D eigenvalue weighted by Crippen LogP contribution is 2.28. The highest BCUT2D eigenvalue weighted by atomic mass is 16.5. The molecule has 0 aliphatic carbocycles. The third-order valence-electron chi connectivity index (χ3n) is 4.31. The molecular formula is C21H25NO3. The van der Waals surface area contributed by atoms with Crippen molar-refractivity contribution >= 4 is 17.6 Å². The molecule has 0 radical (unpaired) electrons. The summed E-state index contributed by atoms with van der Waals surface area (Å²) in [7, 11) is 0. The lowest BCUT2D eigenvalue weighted by Gasteiger charge is -2.21. The lowest BCUT2D eigenvalue weighted by atomic mass is 9.86. The molecule has 25 heavy (non-hydrogen) atoms. The van der Waals surface area contributed by atoms with E-state index in [1.54, 1.807) is 0 Å². The van der Waals surface area contributed by atoms with Crippen molar-refractivity contribution in [3.05, 3.63) is 65.7 Å². The minimum atomic E-state index is -0.363. The number of aryl methyl sites for hydroxylation is 1. The van der Waals surface area contributed by atoms with Gasteiger partial charge in [-0.2, -0.15) is 0 Å². The molecule has 0 fully saturated rings. The Morgan fingerprint density at radius 3 is 2.28 bits per heavy atom. The van der Waals surface area contributed by atoms with Gasteiger partial charge in [0.25, 0.3) is 5.91 Å². The van der Waals surface area contributed by atoms with E-state index in [2.05, 4.69) is 5.32 Å². The molecule has 0 saturated heterocycles. The normalized spacial score (nSPS) is 12.9. The van der Waals surface area contributed by atoms with E-state index < -0.39 is 0 Å². The van der Waals surface area contributed by atoms with Crippen molar-refractivity contribution in [3.8, 4) is 0 Å². The standard InChI is InChI=1S/C21H25NO3/c1-4-16(3)20(17-8-6-5-7-9-17)21(24)25-14-19(23)22-18-12-10-15(2)11-13-18/h5-13,16,20H,4,14H2,1-3H3,(H,22,23)/t16-,20+/m1/s1. The molecule has 0 bridgehead atoms. The quantitative estimate of drug-likeness (QED) is 0.765. The topological polar surface area (TPSA) is 55.4 Å². The van der Waals surface area contributed by atoms with E-state index in [-0.39, 0.29) is 30.3 Å². The first-order valence-corrected chi connectivity index (χ1v) is 8.59. The van der Waals surface area contributed by atoms with Gasteiger partial charge in [0.05, 0.1) is 5.92 Å². The van der Waals surface area contributed by atoms with Gasteiger partial charge in [0.1, 0.15) is 0 Å². The van der Waals surface area contributed by atoms with Crippen LogP contribution in [0.15, 0.2) is 54.6 Å². The fraction of sp³-hybridized carbons (Fsp3) is 0.333. The van der Waals surface area contributed by atoms with Crippen molar-refractivity contribution in [2.45, 2.75) is 33.1 Å². The number of ether oxygens (including phenoxy) is 1. The highest BCUT2D eigenvalue weighted by Gasteiger charge is 2.27. The van der Waals surface area contributed by atoms with Gasteiger partial charge in [-0.25, -0.2) is 0 Å². The maximum absolute atomic E-state index is 12.5. The molecule has 4 heteroatoms. The summed E-state index contributed by atoms with van der Waals surface area (Å²) in [5.74, 6) is -0.929. The van der Waals surface area contributed by atoms with E-state index in [1.807, 2.05) is 75.4 Å². The number of anilines is 1. The molecule has 1 amide bonds. The molecule has 0 saturated carbocycles. The molecule has 132 valence electrons. The van der Waals surface area contributed by atoms with Gasteiger partial charge < -0.3 is 10.1 Å². The maximum Gasteiger partial charge on any atom is 0.314 e. The van der Waals surface area contributed by atoms with Crippen LogP contribution in [0.25, 0.3) is 0 Å². The second-order valence-corrected chi connectivity index (χ2v) is 6.30. The van der Waals surface area contributed by atoms with Crippen LogP contribution in [0.4, 0.5) is 5.69 Å². The Morgan fingerprint density at radius 1 is 1.04 bits per heavy atom. The molecule has 0 aromatic heterocycles. The van der Waals surface area contributed by atoms with Crippen LogP contribution in [0.5, 0.6) is 0 Å². The van der Waals surface area contributed by atoms with Crippen LogP contribution >= 0.6 is 0 Å². The van der Waals surface area contributed by atoms with Crippen molar-refractivity contribution in [3.63, 3.8) is 0 Å². The van der Waals surface area contributed by atoms with Gasteiger partial charge in [-0.05, 0) is 30.5 Å². The third kappa shape index (κ3) is 5.45. The molecule has 2 rings (SSSR count). The minimum Gasteiger partial charge on any atom is -0.455 e. The number of rotatable bonds is 7. The number of esters is 1. The highest BCUT2D eigenvalue weighted by molar-refractivity contribution is 5.93. The summed E-state index contributed by atoms with van der Waals surface area (Å²) in [5, 5.41) is 2.73. The average molecular weight is 339 g/mol.